The maximum atomic E-state index is 16.3. The second-order valence-corrected chi connectivity index (χ2v) is 11.1. The number of para-hydroxylation sites is 1. The number of fused-ring (bicyclic) bond motifs is 1. The van der Waals surface area contributed by atoms with Crippen molar-refractivity contribution in [2.75, 3.05) is 58.4 Å². The lowest BCUT2D eigenvalue weighted by molar-refractivity contribution is -0.137. The summed E-state index contributed by atoms with van der Waals surface area (Å²) < 4.78 is 66.6. The highest BCUT2D eigenvalue weighted by atomic mass is 19.4. The molecule has 9 nitrogen and oxygen atoms in total. The van der Waals surface area contributed by atoms with E-state index in [1.54, 1.807) is 40.0 Å². The van der Waals surface area contributed by atoms with Crippen molar-refractivity contribution in [1.82, 2.24) is 19.8 Å². The molecule has 0 unspecified atom stereocenters. The van der Waals surface area contributed by atoms with Crippen molar-refractivity contribution in [3.8, 4) is 22.6 Å². The van der Waals surface area contributed by atoms with E-state index < -0.39 is 17.6 Å². The van der Waals surface area contributed by atoms with Gasteiger partial charge in [0.2, 0.25) is 6.41 Å². The number of hydrogen-bond donors (Lipinski definition) is 1. The Hall–Kier alpha value is -5.07. The Morgan fingerprint density at radius 3 is 2.39 bits per heavy atom. The first-order valence-electron chi connectivity index (χ1n) is 14.7. The third-order valence-electron chi connectivity index (χ3n) is 8.40. The van der Waals surface area contributed by atoms with Gasteiger partial charge in [0.25, 0.3) is 5.91 Å². The summed E-state index contributed by atoms with van der Waals surface area (Å²) >= 11 is 0. The van der Waals surface area contributed by atoms with Crippen LogP contribution in [0.2, 0.25) is 0 Å². The number of ether oxygens (including phenoxy) is 2. The number of nitrogens with one attached hydrogen (secondary N) is 1. The molecule has 0 atom stereocenters. The minimum absolute atomic E-state index is 0.00953. The summed E-state index contributed by atoms with van der Waals surface area (Å²) in [4.78, 5) is 37.2. The zero-order valence-corrected chi connectivity index (χ0v) is 25.2. The molecule has 4 heterocycles. The maximum Gasteiger partial charge on any atom is 0.418 e. The smallest absolute Gasteiger partial charge is 0.418 e. The summed E-state index contributed by atoms with van der Waals surface area (Å²) in [5, 5.41) is 0.495. The van der Waals surface area contributed by atoms with E-state index in [2.05, 4.69) is 9.97 Å². The number of hydrogen-bond acceptors (Lipinski definition) is 6. The number of pyridine rings is 1. The number of aromatic amines is 1. The largest absolute Gasteiger partial charge is 0.496 e. The summed E-state index contributed by atoms with van der Waals surface area (Å²) in [6, 6.07) is 11.6. The number of piperazine rings is 1. The summed E-state index contributed by atoms with van der Waals surface area (Å²) in [6.07, 6.45) is -0.533. The molecule has 0 spiro atoms. The van der Waals surface area contributed by atoms with Crippen LogP contribution in [0.15, 0.2) is 54.7 Å². The Morgan fingerprint density at radius 1 is 0.957 bits per heavy atom. The fraction of sp³-hybridized carbons (Fsp3) is 0.303. The Morgan fingerprint density at radius 2 is 1.70 bits per heavy atom. The molecule has 2 aromatic heterocycles. The van der Waals surface area contributed by atoms with Gasteiger partial charge >= 0.3 is 6.18 Å². The highest BCUT2D eigenvalue weighted by Gasteiger charge is 2.33. The number of benzene rings is 2. The van der Waals surface area contributed by atoms with Crippen molar-refractivity contribution >= 4 is 34.6 Å². The number of rotatable bonds is 7. The average Bonchev–Trinajstić information content (AvgIpc) is 3.54. The third kappa shape index (κ3) is 5.72. The molecular formula is C33H31F4N5O4. The van der Waals surface area contributed by atoms with Gasteiger partial charge in [0, 0.05) is 62.0 Å². The number of nitrogens with zero attached hydrogens (tertiary/aromatic N) is 4. The summed E-state index contributed by atoms with van der Waals surface area (Å²) in [5.74, 6) is -0.0544. The van der Waals surface area contributed by atoms with E-state index in [1.807, 2.05) is 24.3 Å². The van der Waals surface area contributed by atoms with Crippen LogP contribution in [0.3, 0.4) is 0 Å². The van der Waals surface area contributed by atoms with Crippen molar-refractivity contribution in [2.24, 2.45) is 0 Å². The van der Waals surface area contributed by atoms with Crippen LogP contribution < -0.4 is 14.4 Å². The van der Waals surface area contributed by atoms with Crippen molar-refractivity contribution in [2.45, 2.75) is 12.6 Å². The number of methoxy groups -OCH3 is 2. The van der Waals surface area contributed by atoms with E-state index >= 15 is 4.39 Å². The molecule has 1 N–H and O–H groups in total. The fourth-order valence-corrected chi connectivity index (χ4v) is 6.02. The van der Waals surface area contributed by atoms with Gasteiger partial charge in [0.05, 0.1) is 25.3 Å². The molecule has 0 bridgehead atoms. The minimum atomic E-state index is -4.56. The first-order chi connectivity index (χ1) is 22.1. The Kier molecular flexibility index (Phi) is 8.32. The van der Waals surface area contributed by atoms with E-state index in [-0.39, 0.29) is 48.3 Å². The van der Waals surface area contributed by atoms with Gasteiger partial charge in [0.15, 0.2) is 17.4 Å². The van der Waals surface area contributed by atoms with Crippen molar-refractivity contribution in [3.63, 3.8) is 0 Å². The number of alkyl halides is 3. The zero-order chi connectivity index (χ0) is 32.6. The first-order valence-corrected chi connectivity index (χ1v) is 14.7. The van der Waals surface area contributed by atoms with Gasteiger partial charge < -0.3 is 29.2 Å². The molecular weight excluding hydrogens is 606 g/mol. The number of amides is 2. The highest BCUT2D eigenvalue weighted by molar-refractivity contribution is 6.05. The number of carbonyl (C=O) groups is 2. The van der Waals surface area contributed by atoms with Gasteiger partial charge in [-0.05, 0) is 41.8 Å². The van der Waals surface area contributed by atoms with Gasteiger partial charge in [-0.25, -0.2) is 9.37 Å². The number of aromatic nitrogens is 2. The quantitative estimate of drug-likeness (QED) is 0.209. The Balaban J connectivity index is 1.32. The molecule has 6 rings (SSSR count). The SMILES string of the molecule is COc1ccccc1-c1cc(C2=CCCN(C=O)C2)c(F)c2[nH]c(C(=O)N3CCN(c4ncc(C(F)(F)F)cc4OC)CC3)cc12. The average molecular weight is 638 g/mol. The molecule has 240 valence electrons. The predicted octanol–water partition coefficient (Wildman–Crippen LogP) is 5.61. The monoisotopic (exact) mass is 637 g/mol. The second-order valence-electron chi connectivity index (χ2n) is 11.1. The van der Waals surface area contributed by atoms with Crippen LogP contribution in [0, 0.1) is 5.82 Å². The topological polar surface area (TPSA) is 91.0 Å². The van der Waals surface area contributed by atoms with E-state index in [0.29, 0.717) is 59.5 Å². The highest BCUT2D eigenvalue weighted by Crippen LogP contribution is 2.40. The predicted molar refractivity (Wildman–Crippen MR) is 164 cm³/mol. The van der Waals surface area contributed by atoms with Crippen LogP contribution in [-0.4, -0.2) is 85.6 Å². The van der Waals surface area contributed by atoms with Gasteiger partial charge in [-0.1, -0.05) is 24.3 Å². The lowest BCUT2D eigenvalue weighted by Gasteiger charge is -2.35. The van der Waals surface area contributed by atoms with Crippen molar-refractivity contribution in [3.05, 3.63) is 77.4 Å². The third-order valence-corrected chi connectivity index (χ3v) is 8.40. The molecule has 1 saturated heterocycles. The molecule has 13 heteroatoms. The summed E-state index contributed by atoms with van der Waals surface area (Å²) in [6.45, 7) is 1.90. The number of anilines is 1. The summed E-state index contributed by atoms with van der Waals surface area (Å²) in [5.41, 5.74) is 1.80. The van der Waals surface area contributed by atoms with Gasteiger partial charge in [-0.2, -0.15) is 13.2 Å². The maximum absolute atomic E-state index is 16.3. The van der Waals surface area contributed by atoms with Crippen LogP contribution in [-0.2, 0) is 11.0 Å². The lowest BCUT2D eigenvalue weighted by Crippen LogP contribution is -2.49. The van der Waals surface area contributed by atoms with Gasteiger partial charge in [-0.3, -0.25) is 9.59 Å². The van der Waals surface area contributed by atoms with E-state index in [0.717, 1.165) is 18.7 Å². The fourth-order valence-electron chi connectivity index (χ4n) is 6.02. The molecule has 2 amide bonds. The van der Waals surface area contributed by atoms with E-state index in [9.17, 15) is 22.8 Å². The standard InChI is InChI=1S/C33H31F4N5O4/c1-45-27-8-4-3-7-22(27)24-15-23(20-6-5-9-40(18-20)19-43)29(34)30-25(24)16-26(39-30)32(44)42-12-10-41(11-13-42)31-28(46-2)14-21(17-38-31)33(35,36)37/h3-4,6-8,14-17,19,39H,5,9-13,18H2,1-2H3. The minimum Gasteiger partial charge on any atom is -0.496 e. The van der Waals surface area contributed by atoms with Crippen molar-refractivity contribution in [1.29, 1.82) is 0 Å². The van der Waals surface area contributed by atoms with Crippen LogP contribution in [0.5, 0.6) is 11.5 Å². The molecule has 2 aromatic carbocycles. The van der Waals surface area contributed by atoms with Crippen LogP contribution in [0.1, 0.15) is 28.0 Å². The number of H-pyrrole nitrogens is 1. The van der Waals surface area contributed by atoms with Gasteiger partial charge in [0.1, 0.15) is 11.4 Å². The van der Waals surface area contributed by atoms with Crippen molar-refractivity contribution < 1.29 is 36.6 Å². The molecule has 0 saturated carbocycles. The second kappa shape index (κ2) is 12.4. The van der Waals surface area contributed by atoms with E-state index in [1.165, 1.54) is 7.11 Å². The number of halogens is 4. The first kappa shape index (κ1) is 30.9. The molecule has 46 heavy (non-hydrogen) atoms. The molecule has 2 aliphatic heterocycles. The normalized spacial score (nSPS) is 15.6. The summed E-state index contributed by atoms with van der Waals surface area (Å²) in [7, 11) is 2.83. The van der Waals surface area contributed by atoms with Crippen LogP contribution >= 0.6 is 0 Å². The Bertz CT molecular complexity index is 1830. The molecule has 4 aromatic rings. The Labute approximate surface area is 262 Å². The van der Waals surface area contributed by atoms with Crippen LogP contribution in [0.4, 0.5) is 23.4 Å². The molecule has 2 aliphatic rings. The number of carbonyl (C=O) groups excluding carboxylic acids is 2. The zero-order valence-electron chi connectivity index (χ0n) is 25.2. The van der Waals surface area contributed by atoms with Gasteiger partial charge in [-0.15, -0.1) is 0 Å². The van der Waals surface area contributed by atoms with Crippen LogP contribution in [0.25, 0.3) is 27.6 Å². The van der Waals surface area contributed by atoms with E-state index in [4.69, 9.17) is 9.47 Å². The molecule has 1 fully saturated rings. The lowest BCUT2D eigenvalue weighted by atomic mass is 9.93. The molecule has 0 aliphatic carbocycles. The molecule has 0 radical (unpaired) electrons.